The number of nitrogens with zero attached hydrogens (tertiary/aromatic N) is 2. The van der Waals surface area contributed by atoms with Crippen molar-refractivity contribution in [3.8, 4) is 17.2 Å². The second-order valence-electron chi connectivity index (χ2n) is 6.14. The van der Waals surface area contributed by atoms with Crippen LogP contribution in [0.15, 0.2) is 57.5 Å². The highest BCUT2D eigenvalue weighted by Gasteiger charge is 2.20. The summed E-state index contributed by atoms with van der Waals surface area (Å²) in [5.41, 5.74) is 1.87. The molecule has 1 aliphatic rings. The summed E-state index contributed by atoms with van der Waals surface area (Å²) in [6, 6.07) is 11.8. The zero-order valence-electron chi connectivity index (χ0n) is 14.8. The molecule has 3 heterocycles. The molecule has 3 aromatic rings. The molecule has 1 fully saturated rings. The molecule has 2 aromatic heterocycles. The summed E-state index contributed by atoms with van der Waals surface area (Å²) in [6.07, 6.45) is 4.12. The van der Waals surface area contributed by atoms with E-state index in [1.807, 2.05) is 43.3 Å². The minimum atomic E-state index is 0.222. The first-order valence-electron chi connectivity index (χ1n) is 8.95. The van der Waals surface area contributed by atoms with Gasteiger partial charge in [-0.25, -0.2) is 4.99 Å². The SMILES string of the molecule is CCOc1ccccc1N=c1scc(-c2ccco2)n1CC1CCCO1. The second-order valence-corrected chi connectivity index (χ2v) is 6.98. The summed E-state index contributed by atoms with van der Waals surface area (Å²) >= 11 is 1.60. The molecule has 1 aliphatic heterocycles. The van der Waals surface area contributed by atoms with Gasteiger partial charge < -0.3 is 18.5 Å². The highest BCUT2D eigenvalue weighted by atomic mass is 32.1. The Morgan fingerprint density at radius 3 is 2.96 bits per heavy atom. The molecule has 26 heavy (non-hydrogen) atoms. The molecule has 1 unspecified atom stereocenters. The minimum Gasteiger partial charge on any atom is -0.492 e. The van der Waals surface area contributed by atoms with Crippen molar-refractivity contribution in [3.63, 3.8) is 0 Å². The maximum Gasteiger partial charge on any atom is 0.190 e. The van der Waals surface area contributed by atoms with Gasteiger partial charge in [0.15, 0.2) is 10.6 Å². The molecule has 1 aromatic carbocycles. The number of thiazole rings is 1. The Balaban J connectivity index is 1.78. The van der Waals surface area contributed by atoms with Gasteiger partial charge in [0, 0.05) is 12.0 Å². The van der Waals surface area contributed by atoms with Crippen molar-refractivity contribution in [2.75, 3.05) is 13.2 Å². The third kappa shape index (κ3) is 3.61. The maximum absolute atomic E-state index is 5.85. The van der Waals surface area contributed by atoms with Gasteiger partial charge in [-0.05, 0) is 44.0 Å². The number of aromatic nitrogens is 1. The van der Waals surface area contributed by atoms with Crippen LogP contribution in [-0.2, 0) is 11.3 Å². The van der Waals surface area contributed by atoms with Crippen LogP contribution in [0.5, 0.6) is 5.75 Å². The van der Waals surface area contributed by atoms with Crippen molar-refractivity contribution >= 4 is 17.0 Å². The fraction of sp³-hybridized carbons (Fsp3) is 0.350. The van der Waals surface area contributed by atoms with Gasteiger partial charge in [0.1, 0.15) is 11.4 Å². The number of benzene rings is 1. The Morgan fingerprint density at radius 2 is 2.19 bits per heavy atom. The highest BCUT2D eigenvalue weighted by Crippen LogP contribution is 2.28. The summed E-state index contributed by atoms with van der Waals surface area (Å²) in [6.45, 7) is 4.21. The fourth-order valence-corrected chi connectivity index (χ4v) is 4.05. The van der Waals surface area contributed by atoms with E-state index in [-0.39, 0.29) is 6.10 Å². The molecule has 4 rings (SSSR count). The molecule has 1 saturated heterocycles. The average Bonchev–Trinajstić information content (AvgIpc) is 3.40. The summed E-state index contributed by atoms with van der Waals surface area (Å²) < 4.78 is 19.4. The highest BCUT2D eigenvalue weighted by molar-refractivity contribution is 7.07. The topological polar surface area (TPSA) is 48.9 Å². The van der Waals surface area contributed by atoms with Crippen LogP contribution < -0.4 is 9.54 Å². The van der Waals surface area contributed by atoms with Crippen molar-refractivity contribution in [2.24, 2.45) is 4.99 Å². The van der Waals surface area contributed by atoms with Crippen LogP contribution in [0.1, 0.15) is 19.8 Å². The Bertz CT molecular complexity index is 905. The lowest BCUT2D eigenvalue weighted by Gasteiger charge is -2.13. The molecule has 0 N–H and O–H groups in total. The van der Waals surface area contributed by atoms with E-state index in [0.29, 0.717) is 6.61 Å². The number of rotatable bonds is 6. The molecule has 0 spiro atoms. The molecule has 0 saturated carbocycles. The van der Waals surface area contributed by atoms with E-state index in [2.05, 4.69) is 9.95 Å². The molecule has 1 atom stereocenters. The Morgan fingerprint density at radius 1 is 1.27 bits per heavy atom. The zero-order chi connectivity index (χ0) is 17.8. The van der Waals surface area contributed by atoms with Crippen LogP contribution in [0.4, 0.5) is 5.69 Å². The van der Waals surface area contributed by atoms with Crippen molar-refractivity contribution in [1.29, 1.82) is 0 Å². The Labute approximate surface area is 156 Å². The molecule has 0 amide bonds. The number of para-hydroxylation sites is 2. The van der Waals surface area contributed by atoms with Crippen molar-refractivity contribution in [3.05, 3.63) is 52.8 Å². The van der Waals surface area contributed by atoms with Crippen molar-refractivity contribution in [1.82, 2.24) is 4.57 Å². The second kappa shape index (κ2) is 7.93. The maximum atomic E-state index is 5.85. The normalized spacial score (nSPS) is 17.7. The van der Waals surface area contributed by atoms with E-state index in [1.54, 1.807) is 17.6 Å². The van der Waals surface area contributed by atoms with Crippen LogP contribution in [-0.4, -0.2) is 23.9 Å². The van der Waals surface area contributed by atoms with Crippen molar-refractivity contribution in [2.45, 2.75) is 32.4 Å². The lowest BCUT2D eigenvalue weighted by Crippen LogP contribution is -2.23. The van der Waals surface area contributed by atoms with E-state index in [4.69, 9.17) is 18.9 Å². The molecular weight excluding hydrogens is 348 g/mol. The lowest BCUT2D eigenvalue weighted by molar-refractivity contribution is 0.0967. The Kier molecular flexibility index (Phi) is 5.22. The zero-order valence-corrected chi connectivity index (χ0v) is 15.6. The van der Waals surface area contributed by atoms with Crippen LogP contribution in [0, 0.1) is 0 Å². The third-order valence-corrected chi connectivity index (χ3v) is 5.23. The molecule has 136 valence electrons. The largest absolute Gasteiger partial charge is 0.492 e. The molecular formula is C20H22N2O3S. The summed E-state index contributed by atoms with van der Waals surface area (Å²) in [7, 11) is 0. The predicted octanol–water partition coefficient (Wildman–Crippen LogP) is 4.62. The first-order valence-corrected chi connectivity index (χ1v) is 9.83. The summed E-state index contributed by atoms with van der Waals surface area (Å²) in [5, 5.41) is 2.09. The smallest absolute Gasteiger partial charge is 0.190 e. The van der Waals surface area contributed by atoms with Gasteiger partial charge >= 0.3 is 0 Å². The van der Waals surface area contributed by atoms with Gasteiger partial charge in [-0.1, -0.05) is 12.1 Å². The Hall–Kier alpha value is -2.31. The molecule has 0 radical (unpaired) electrons. The average molecular weight is 370 g/mol. The van der Waals surface area contributed by atoms with Gasteiger partial charge in [0.05, 0.1) is 31.2 Å². The van der Waals surface area contributed by atoms with Gasteiger partial charge in [-0.2, -0.15) is 0 Å². The van der Waals surface area contributed by atoms with Crippen LogP contribution in [0.25, 0.3) is 11.5 Å². The number of ether oxygens (including phenoxy) is 2. The van der Waals surface area contributed by atoms with E-state index in [1.165, 1.54) is 0 Å². The van der Waals surface area contributed by atoms with Gasteiger partial charge in [0.2, 0.25) is 0 Å². The quantitative estimate of drug-likeness (QED) is 0.636. The van der Waals surface area contributed by atoms with Gasteiger partial charge in [-0.15, -0.1) is 11.3 Å². The van der Waals surface area contributed by atoms with E-state index in [9.17, 15) is 0 Å². The lowest BCUT2D eigenvalue weighted by atomic mass is 10.2. The molecule has 0 aliphatic carbocycles. The minimum absolute atomic E-state index is 0.222. The standard InChI is InChI=1S/C20H22N2O3S/c1-2-23-18-9-4-3-8-16(18)21-20-22(13-15-7-5-11-24-15)17(14-26-20)19-10-6-12-25-19/h3-4,6,8-10,12,14-15H,2,5,7,11,13H2,1H3. The van der Waals surface area contributed by atoms with E-state index >= 15 is 0 Å². The third-order valence-electron chi connectivity index (χ3n) is 4.36. The molecule has 5 nitrogen and oxygen atoms in total. The van der Waals surface area contributed by atoms with E-state index in [0.717, 1.165) is 53.7 Å². The van der Waals surface area contributed by atoms with Crippen molar-refractivity contribution < 1.29 is 13.9 Å². The summed E-state index contributed by atoms with van der Waals surface area (Å²) in [5.74, 6) is 1.64. The van der Waals surface area contributed by atoms with Gasteiger partial charge in [-0.3, -0.25) is 0 Å². The predicted molar refractivity (Wildman–Crippen MR) is 102 cm³/mol. The van der Waals surface area contributed by atoms with Crippen LogP contribution >= 0.6 is 11.3 Å². The van der Waals surface area contributed by atoms with Crippen LogP contribution in [0.2, 0.25) is 0 Å². The molecule has 6 heteroatoms. The number of hydrogen-bond donors (Lipinski definition) is 0. The fourth-order valence-electron chi connectivity index (χ4n) is 3.14. The van der Waals surface area contributed by atoms with Crippen LogP contribution in [0.3, 0.4) is 0 Å². The van der Waals surface area contributed by atoms with E-state index < -0.39 is 0 Å². The van der Waals surface area contributed by atoms with Gasteiger partial charge in [0.25, 0.3) is 0 Å². The molecule has 0 bridgehead atoms. The number of hydrogen-bond acceptors (Lipinski definition) is 5. The first kappa shape index (κ1) is 17.1. The first-order chi connectivity index (χ1) is 12.8. The summed E-state index contributed by atoms with van der Waals surface area (Å²) in [4.78, 5) is 5.81. The monoisotopic (exact) mass is 370 g/mol. The number of furan rings is 1.